The lowest BCUT2D eigenvalue weighted by Crippen LogP contribution is -2.36. The van der Waals surface area contributed by atoms with E-state index in [1.165, 1.54) is 13.4 Å². The zero-order valence-electron chi connectivity index (χ0n) is 9.30. The molecular weight excluding hydrogens is 208 g/mol. The molecule has 1 aromatic rings. The van der Waals surface area contributed by atoms with E-state index in [-0.39, 0.29) is 0 Å². The van der Waals surface area contributed by atoms with Crippen LogP contribution in [0.25, 0.3) is 0 Å². The van der Waals surface area contributed by atoms with E-state index in [2.05, 4.69) is 9.97 Å². The number of aryl methyl sites for hydroxylation is 1. The minimum absolute atomic E-state index is 0.425. The molecule has 1 aliphatic carbocycles. The van der Waals surface area contributed by atoms with E-state index in [1.54, 1.807) is 6.20 Å². The smallest absolute Gasteiger partial charge is 0.333 e. The molecule has 0 radical (unpaired) electrons. The third-order valence-corrected chi connectivity index (χ3v) is 3.20. The lowest BCUT2D eigenvalue weighted by atomic mass is 9.90. The van der Waals surface area contributed by atoms with E-state index >= 15 is 0 Å². The Balaban J connectivity index is 2.39. The van der Waals surface area contributed by atoms with Gasteiger partial charge in [-0.2, -0.15) is 0 Å². The predicted octanol–water partition coefficient (Wildman–Crippen LogP) is 0.916. The summed E-state index contributed by atoms with van der Waals surface area (Å²) in [5.41, 5.74) is 1.30. The number of carboxylic acid groups (broad SMARTS) is 1. The van der Waals surface area contributed by atoms with Crippen LogP contribution in [0.1, 0.15) is 24.1 Å². The summed E-state index contributed by atoms with van der Waals surface area (Å²) in [5, 5.41) is 9.14. The Kier molecular flexibility index (Phi) is 2.63. The summed E-state index contributed by atoms with van der Waals surface area (Å²) in [4.78, 5) is 19.2. The molecule has 1 aromatic heterocycles. The van der Waals surface area contributed by atoms with E-state index < -0.39 is 17.5 Å². The number of nitrogens with zero attached hydrogens (tertiary/aromatic N) is 2. The molecule has 0 bridgehead atoms. The molecule has 1 heterocycles. The summed E-state index contributed by atoms with van der Waals surface area (Å²) >= 11 is 0. The molecule has 5 heteroatoms. The quantitative estimate of drug-likeness (QED) is 0.820. The lowest BCUT2D eigenvalue weighted by molar-refractivity contribution is -0.150. The Bertz CT molecular complexity index is 415. The van der Waals surface area contributed by atoms with Gasteiger partial charge in [0, 0.05) is 30.0 Å². The lowest BCUT2D eigenvalue weighted by Gasteiger charge is -2.23. The fourth-order valence-electron chi connectivity index (χ4n) is 2.25. The molecule has 1 fully saturated rings. The van der Waals surface area contributed by atoms with Crippen LogP contribution in [-0.4, -0.2) is 34.3 Å². The molecule has 1 unspecified atom stereocenters. The average Bonchev–Trinajstić information content (AvgIpc) is 3.00. The summed E-state index contributed by atoms with van der Waals surface area (Å²) in [7, 11) is 1.43. The van der Waals surface area contributed by atoms with Gasteiger partial charge in [0.15, 0.2) is 6.10 Å². The fourth-order valence-corrected chi connectivity index (χ4v) is 2.25. The summed E-state index contributed by atoms with van der Waals surface area (Å²) in [6.45, 7) is 1.87. The first-order chi connectivity index (χ1) is 7.62. The molecule has 0 aromatic carbocycles. The highest BCUT2D eigenvalue weighted by Gasteiger charge is 2.55. The second-order valence-corrected chi connectivity index (χ2v) is 4.13. The maximum Gasteiger partial charge on any atom is 0.333 e. The molecule has 16 heavy (non-hydrogen) atoms. The number of hydrogen-bond acceptors (Lipinski definition) is 4. The molecule has 86 valence electrons. The van der Waals surface area contributed by atoms with Gasteiger partial charge in [0.05, 0.1) is 0 Å². The van der Waals surface area contributed by atoms with Crippen LogP contribution >= 0.6 is 0 Å². The molecule has 0 amide bonds. The Hall–Kier alpha value is -1.49. The Labute approximate surface area is 93.5 Å². The summed E-state index contributed by atoms with van der Waals surface area (Å²) in [6, 6.07) is 0. The second-order valence-electron chi connectivity index (χ2n) is 4.13. The first-order valence-corrected chi connectivity index (χ1v) is 5.14. The normalized spacial score (nSPS) is 19.1. The number of ether oxygens (including phenoxy) is 1. The van der Waals surface area contributed by atoms with E-state index in [9.17, 15) is 4.79 Å². The van der Waals surface area contributed by atoms with Crippen molar-refractivity contribution in [2.75, 3.05) is 7.11 Å². The van der Waals surface area contributed by atoms with Crippen molar-refractivity contribution in [1.29, 1.82) is 0 Å². The minimum Gasteiger partial charge on any atom is -0.479 e. The van der Waals surface area contributed by atoms with Gasteiger partial charge in [0.2, 0.25) is 0 Å². The molecule has 5 nitrogen and oxygen atoms in total. The van der Waals surface area contributed by atoms with Gasteiger partial charge in [-0.3, -0.25) is 0 Å². The highest BCUT2D eigenvalue weighted by atomic mass is 16.5. The zero-order valence-corrected chi connectivity index (χ0v) is 9.30. The highest BCUT2D eigenvalue weighted by molar-refractivity contribution is 5.76. The fraction of sp³-hybridized carbons (Fsp3) is 0.545. The van der Waals surface area contributed by atoms with Gasteiger partial charge in [-0.1, -0.05) is 0 Å². The third-order valence-electron chi connectivity index (χ3n) is 3.20. The Morgan fingerprint density at radius 2 is 2.31 bits per heavy atom. The molecule has 1 N–H and O–H groups in total. The number of hydrogen-bond donors (Lipinski definition) is 1. The summed E-state index contributed by atoms with van der Waals surface area (Å²) in [6.07, 6.45) is 3.98. The Morgan fingerprint density at radius 1 is 1.62 bits per heavy atom. The van der Waals surface area contributed by atoms with Crippen molar-refractivity contribution >= 4 is 5.97 Å². The molecular formula is C11H14N2O3. The van der Waals surface area contributed by atoms with Gasteiger partial charge < -0.3 is 9.84 Å². The SMILES string of the molecule is COC(C(=O)O)C1(c2cncnc2C)CC1. The van der Waals surface area contributed by atoms with Crippen LogP contribution in [0, 0.1) is 6.92 Å². The first kappa shape index (κ1) is 11.0. The van der Waals surface area contributed by atoms with Crippen molar-refractivity contribution in [3.63, 3.8) is 0 Å². The number of carboxylic acids is 1. The van der Waals surface area contributed by atoms with Crippen molar-refractivity contribution in [2.45, 2.75) is 31.3 Å². The van der Waals surface area contributed by atoms with Crippen LogP contribution in [0.4, 0.5) is 0 Å². The third kappa shape index (κ3) is 1.57. The van der Waals surface area contributed by atoms with Crippen molar-refractivity contribution < 1.29 is 14.6 Å². The summed E-state index contributed by atoms with van der Waals surface area (Å²) in [5.74, 6) is -0.928. The van der Waals surface area contributed by atoms with Gasteiger partial charge in [-0.25, -0.2) is 14.8 Å². The van der Waals surface area contributed by atoms with E-state index in [1.807, 2.05) is 6.92 Å². The van der Waals surface area contributed by atoms with Gasteiger partial charge in [0.1, 0.15) is 6.33 Å². The van der Waals surface area contributed by atoms with Crippen LogP contribution in [-0.2, 0) is 14.9 Å². The molecule has 0 spiro atoms. The standard InChI is InChI=1S/C11H14N2O3/c1-7-8(5-12-6-13-7)11(3-4-11)9(16-2)10(14)15/h5-6,9H,3-4H2,1-2H3,(H,14,15). The van der Waals surface area contributed by atoms with Crippen LogP contribution in [0.2, 0.25) is 0 Å². The highest BCUT2D eigenvalue weighted by Crippen LogP contribution is 2.52. The van der Waals surface area contributed by atoms with Crippen molar-refractivity contribution in [1.82, 2.24) is 9.97 Å². The van der Waals surface area contributed by atoms with Crippen molar-refractivity contribution in [3.8, 4) is 0 Å². The molecule has 1 saturated carbocycles. The zero-order chi connectivity index (χ0) is 11.8. The van der Waals surface area contributed by atoms with Crippen molar-refractivity contribution in [2.24, 2.45) is 0 Å². The number of aliphatic carboxylic acids is 1. The number of methoxy groups -OCH3 is 1. The second kappa shape index (κ2) is 3.83. The molecule has 2 rings (SSSR count). The monoisotopic (exact) mass is 222 g/mol. The van der Waals surface area contributed by atoms with Gasteiger partial charge in [-0.15, -0.1) is 0 Å². The summed E-state index contributed by atoms with van der Waals surface area (Å²) < 4.78 is 5.09. The Morgan fingerprint density at radius 3 is 2.75 bits per heavy atom. The van der Waals surface area contributed by atoms with E-state index in [0.29, 0.717) is 0 Å². The average molecular weight is 222 g/mol. The number of aromatic nitrogens is 2. The first-order valence-electron chi connectivity index (χ1n) is 5.14. The molecule has 0 aliphatic heterocycles. The molecule has 0 saturated heterocycles. The van der Waals surface area contributed by atoms with Crippen molar-refractivity contribution in [3.05, 3.63) is 23.8 Å². The van der Waals surface area contributed by atoms with Crippen LogP contribution in [0.15, 0.2) is 12.5 Å². The van der Waals surface area contributed by atoms with Crippen LogP contribution in [0.3, 0.4) is 0 Å². The largest absolute Gasteiger partial charge is 0.479 e. The van der Waals surface area contributed by atoms with E-state index in [4.69, 9.17) is 9.84 Å². The maximum absolute atomic E-state index is 11.1. The van der Waals surface area contributed by atoms with Crippen LogP contribution < -0.4 is 0 Å². The molecule has 1 aliphatic rings. The maximum atomic E-state index is 11.1. The van der Waals surface area contributed by atoms with Gasteiger partial charge in [0.25, 0.3) is 0 Å². The minimum atomic E-state index is -0.928. The van der Waals surface area contributed by atoms with E-state index in [0.717, 1.165) is 24.1 Å². The van der Waals surface area contributed by atoms with Gasteiger partial charge in [-0.05, 0) is 19.8 Å². The molecule has 1 atom stereocenters. The number of rotatable bonds is 4. The predicted molar refractivity (Wildman–Crippen MR) is 56.1 cm³/mol. The van der Waals surface area contributed by atoms with Crippen LogP contribution in [0.5, 0.6) is 0 Å². The van der Waals surface area contributed by atoms with Gasteiger partial charge >= 0.3 is 5.97 Å². The number of carbonyl (C=O) groups is 1. The topological polar surface area (TPSA) is 72.3 Å².